The van der Waals surface area contributed by atoms with Crippen molar-refractivity contribution < 1.29 is 18.7 Å². The number of halogens is 2. The molecule has 2 aromatic heterocycles. The third-order valence-corrected chi connectivity index (χ3v) is 6.13. The zero-order valence-electron chi connectivity index (χ0n) is 18.1. The van der Waals surface area contributed by atoms with E-state index >= 15 is 0 Å². The molecule has 1 N–H and O–H groups in total. The van der Waals surface area contributed by atoms with Crippen molar-refractivity contribution in [1.29, 1.82) is 0 Å². The summed E-state index contributed by atoms with van der Waals surface area (Å²) in [5, 5.41) is 4.17. The molecule has 0 fully saturated rings. The molecule has 174 valence electrons. The van der Waals surface area contributed by atoms with E-state index in [1.807, 2.05) is 6.92 Å². The van der Waals surface area contributed by atoms with Crippen molar-refractivity contribution in [2.75, 3.05) is 11.9 Å². The van der Waals surface area contributed by atoms with E-state index in [9.17, 15) is 9.59 Å². The predicted molar refractivity (Wildman–Crippen MR) is 137 cm³/mol. The van der Waals surface area contributed by atoms with E-state index < -0.39 is 0 Å². The lowest BCUT2D eigenvalue weighted by molar-refractivity contribution is -0.111. The van der Waals surface area contributed by atoms with Crippen LogP contribution in [0.1, 0.15) is 35.9 Å². The van der Waals surface area contributed by atoms with E-state index in [2.05, 4.69) is 10.3 Å². The Bertz CT molecular complexity index is 1360. The standard InChI is InChI=1S/C25H20Cl2N2O4S/c1-2-3-10-32-24(31)15-4-7-20-22(13-15)34-25(28-20)29-23(30)9-6-19-5-8-21(33-19)16-11-17(26)14-18(27)12-16/h4-9,11-14H,2-3,10H2,1H3,(H,28,29,30)/b9-6+. The molecule has 6 nitrogen and oxygen atoms in total. The number of aromatic nitrogens is 1. The number of fused-ring (bicyclic) bond motifs is 1. The van der Waals surface area contributed by atoms with Crippen molar-refractivity contribution in [3.8, 4) is 11.3 Å². The van der Waals surface area contributed by atoms with Gasteiger partial charge in [0.15, 0.2) is 5.13 Å². The summed E-state index contributed by atoms with van der Waals surface area (Å²) in [4.78, 5) is 28.9. The van der Waals surface area contributed by atoms with Gasteiger partial charge in [-0.25, -0.2) is 9.78 Å². The van der Waals surface area contributed by atoms with E-state index in [-0.39, 0.29) is 11.9 Å². The van der Waals surface area contributed by atoms with Crippen LogP contribution in [0.4, 0.5) is 5.13 Å². The second-order valence-electron chi connectivity index (χ2n) is 7.37. The number of furan rings is 1. The number of benzene rings is 2. The van der Waals surface area contributed by atoms with Gasteiger partial charge in [-0.2, -0.15) is 0 Å². The maximum Gasteiger partial charge on any atom is 0.338 e. The second kappa shape index (κ2) is 10.9. The van der Waals surface area contributed by atoms with Gasteiger partial charge in [0.05, 0.1) is 22.4 Å². The number of esters is 1. The first-order valence-electron chi connectivity index (χ1n) is 10.5. The van der Waals surface area contributed by atoms with Gasteiger partial charge in [0.2, 0.25) is 5.91 Å². The maximum atomic E-state index is 12.4. The number of ether oxygens (including phenoxy) is 1. The molecule has 4 aromatic rings. The smallest absolute Gasteiger partial charge is 0.338 e. The lowest BCUT2D eigenvalue weighted by atomic mass is 10.2. The maximum absolute atomic E-state index is 12.4. The minimum atomic E-state index is -0.366. The lowest BCUT2D eigenvalue weighted by Crippen LogP contribution is -2.07. The number of thiazole rings is 1. The first kappa shape index (κ1) is 24.0. The number of amides is 1. The Labute approximate surface area is 210 Å². The normalized spacial score (nSPS) is 11.3. The summed E-state index contributed by atoms with van der Waals surface area (Å²) < 4.78 is 11.8. The molecule has 34 heavy (non-hydrogen) atoms. The van der Waals surface area contributed by atoms with Gasteiger partial charge >= 0.3 is 5.97 Å². The van der Waals surface area contributed by atoms with Gasteiger partial charge in [0.1, 0.15) is 11.5 Å². The fourth-order valence-electron chi connectivity index (χ4n) is 3.10. The molecule has 0 atom stereocenters. The molecular weight excluding hydrogens is 495 g/mol. The van der Waals surface area contributed by atoms with Crippen LogP contribution in [0.3, 0.4) is 0 Å². The highest BCUT2D eigenvalue weighted by molar-refractivity contribution is 7.22. The number of carbonyl (C=O) groups excluding carboxylic acids is 2. The fourth-order valence-corrected chi connectivity index (χ4v) is 4.53. The molecule has 0 aliphatic carbocycles. The Hall–Kier alpha value is -3.13. The van der Waals surface area contributed by atoms with Crippen LogP contribution in [-0.2, 0) is 9.53 Å². The zero-order chi connectivity index (χ0) is 24.1. The molecule has 0 saturated heterocycles. The summed E-state index contributed by atoms with van der Waals surface area (Å²) >= 11 is 13.4. The summed E-state index contributed by atoms with van der Waals surface area (Å²) in [6.07, 6.45) is 4.70. The second-order valence-corrected chi connectivity index (χ2v) is 9.28. The average molecular weight is 515 g/mol. The number of rotatable bonds is 8. The van der Waals surface area contributed by atoms with Gasteiger partial charge in [-0.1, -0.05) is 47.9 Å². The molecule has 0 aliphatic rings. The number of hydrogen-bond donors (Lipinski definition) is 1. The van der Waals surface area contributed by atoms with Crippen molar-refractivity contribution in [3.63, 3.8) is 0 Å². The van der Waals surface area contributed by atoms with Gasteiger partial charge in [-0.3, -0.25) is 10.1 Å². The molecule has 0 aliphatic heterocycles. The first-order chi connectivity index (χ1) is 16.4. The fraction of sp³-hybridized carbons (Fsp3) is 0.160. The quantitative estimate of drug-likeness (QED) is 0.150. The van der Waals surface area contributed by atoms with Crippen LogP contribution < -0.4 is 5.32 Å². The SMILES string of the molecule is CCCCOC(=O)c1ccc2nc(NC(=O)/C=C/c3ccc(-c4cc(Cl)cc(Cl)c4)o3)sc2c1. The highest BCUT2D eigenvalue weighted by Crippen LogP contribution is 2.29. The topological polar surface area (TPSA) is 81.4 Å². The molecule has 0 spiro atoms. The van der Waals surface area contributed by atoms with Gasteiger partial charge in [0.25, 0.3) is 0 Å². The van der Waals surface area contributed by atoms with Crippen LogP contribution in [0.15, 0.2) is 59.0 Å². The lowest BCUT2D eigenvalue weighted by Gasteiger charge is -2.03. The van der Waals surface area contributed by atoms with Crippen molar-refractivity contribution in [2.45, 2.75) is 19.8 Å². The van der Waals surface area contributed by atoms with Crippen molar-refractivity contribution >= 4 is 67.8 Å². The van der Waals surface area contributed by atoms with Crippen molar-refractivity contribution in [1.82, 2.24) is 4.98 Å². The van der Waals surface area contributed by atoms with Crippen LogP contribution in [0.25, 0.3) is 27.6 Å². The molecule has 0 radical (unpaired) electrons. The van der Waals surface area contributed by atoms with Crippen molar-refractivity contribution in [3.05, 3.63) is 76.0 Å². The number of nitrogens with zero attached hydrogens (tertiary/aromatic N) is 1. The summed E-state index contributed by atoms with van der Waals surface area (Å²) in [5.41, 5.74) is 1.88. The minimum absolute atomic E-state index is 0.359. The molecule has 4 rings (SSSR count). The van der Waals surface area contributed by atoms with E-state index in [1.54, 1.807) is 54.6 Å². The van der Waals surface area contributed by atoms with Crippen LogP contribution in [-0.4, -0.2) is 23.5 Å². The summed E-state index contributed by atoms with van der Waals surface area (Å²) in [6.45, 7) is 2.43. The highest BCUT2D eigenvalue weighted by Gasteiger charge is 2.12. The predicted octanol–water partition coefficient (Wildman–Crippen LogP) is 7.47. The van der Waals surface area contributed by atoms with Gasteiger partial charge < -0.3 is 9.15 Å². The number of anilines is 1. The average Bonchev–Trinajstić information content (AvgIpc) is 3.43. The molecule has 2 heterocycles. The van der Waals surface area contributed by atoms with Crippen LogP contribution in [0.2, 0.25) is 10.0 Å². The zero-order valence-corrected chi connectivity index (χ0v) is 20.5. The molecule has 1 amide bonds. The first-order valence-corrected chi connectivity index (χ1v) is 12.1. The van der Waals surface area contributed by atoms with Gasteiger partial charge in [-0.15, -0.1) is 0 Å². The van der Waals surface area contributed by atoms with Crippen LogP contribution in [0.5, 0.6) is 0 Å². The van der Waals surface area contributed by atoms with E-state index in [0.29, 0.717) is 44.4 Å². The summed E-state index contributed by atoms with van der Waals surface area (Å²) in [6, 6.07) is 13.8. The Balaban J connectivity index is 1.40. The minimum Gasteiger partial charge on any atom is -0.462 e. The van der Waals surface area contributed by atoms with Gasteiger partial charge in [-0.05, 0) is 61.0 Å². The number of nitrogens with one attached hydrogen (secondary N) is 1. The number of hydrogen-bond acceptors (Lipinski definition) is 6. The van der Waals surface area contributed by atoms with Crippen LogP contribution >= 0.6 is 34.5 Å². The Morgan fingerprint density at radius 1 is 1.12 bits per heavy atom. The Morgan fingerprint density at radius 3 is 2.68 bits per heavy atom. The Morgan fingerprint density at radius 2 is 1.91 bits per heavy atom. The van der Waals surface area contributed by atoms with Crippen molar-refractivity contribution in [2.24, 2.45) is 0 Å². The third kappa shape index (κ3) is 6.05. The largest absolute Gasteiger partial charge is 0.462 e. The molecule has 0 bridgehead atoms. The third-order valence-electron chi connectivity index (χ3n) is 4.76. The van der Waals surface area contributed by atoms with E-state index in [4.69, 9.17) is 32.4 Å². The van der Waals surface area contributed by atoms with Crippen LogP contribution in [0, 0.1) is 0 Å². The Kier molecular flexibility index (Phi) is 7.67. The monoisotopic (exact) mass is 514 g/mol. The number of carbonyl (C=O) groups is 2. The van der Waals surface area contributed by atoms with Gasteiger partial charge in [0, 0.05) is 21.7 Å². The number of unbranched alkanes of at least 4 members (excludes halogenated alkanes) is 1. The highest BCUT2D eigenvalue weighted by atomic mass is 35.5. The molecule has 0 unspecified atom stereocenters. The van der Waals surface area contributed by atoms with E-state index in [0.717, 1.165) is 23.1 Å². The van der Waals surface area contributed by atoms with E-state index in [1.165, 1.54) is 17.4 Å². The molecule has 9 heteroatoms. The summed E-state index contributed by atoms with van der Waals surface area (Å²) in [5.74, 6) is 0.355. The summed E-state index contributed by atoms with van der Waals surface area (Å²) in [7, 11) is 0. The molecular formula is C25H20Cl2N2O4S. The molecule has 0 saturated carbocycles. The molecule has 2 aromatic carbocycles.